The van der Waals surface area contributed by atoms with Gasteiger partial charge < -0.3 is 10.1 Å². The van der Waals surface area contributed by atoms with Crippen LogP contribution in [-0.2, 0) is 9.59 Å². The second-order valence-electron chi connectivity index (χ2n) is 6.53. The number of ether oxygens (including phenoxy) is 1. The van der Waals surface area contributed by atoms with Gasteiger partial charge in [0.15, 0.2) is 0 Å². The van der Waals surface area contributed by atoms with E-state index < -0.39 is 23.4 Å². The van der Waals surface area contributed by atoms with Crippen LogP contribution in [0.4, 0.5) is 20.2 Å². The van der Waals surface area contributed by atoms with Gasteiger partial charge in [-0.15, -0.1) is 0 Å². The molecule has 3 aromatic rings. The first kappa shape index (κ1) is 19.3. The van der Waals surface area contributed by atoms with E-state index in [0.717, 1.165) is 4.90 Å². The fourth-order valence-corrected chi connectivity index (χ4v) is 3.17. The highest BCUT2D eigenvalue weighted by atomic mass is 19.1. The van der Waals surface area contributed by atoms with E-state index in [1.807, 2.05) is 0 Å². The van der Waals surface area contributed by atoms with Crippen LogP contribution in [0.25, 0.3) is 5.57 Å². The molecule has 0 aliphatic carbocycles. The quantitative estimate of drug-likeness (QED) is 0.640. The average molecular weight is 406 g/mol. The maximum absolute atomic E-state index is 13.4. The van der Waals surface area contributed by atoms with Crippen LogP contribution in [0.5, 0.6) is 5.75 Å². The average Bonchev–Trinajstić information content (AvgIpc) is 3.00. The largest absolute Gasteiger partial charge is 0.497 e. The lowest BCUT2D eigenvalue weighted by Crippen LogP contribution is -2.32. The van der Waals surface area contributed by atoms with Gasteiger partial charge >= 0.3 is 0 Å². The van der Waals surface area contributed by atoms with Crippen LogP contribution >= 0.6 is 0 Å². The minimum absolute atomic E-state index is 0.0223. The molecule has 0 atom stereocenters. The summed E-state index contributed by atoms with van der Waals surface area (Å²) in [5, 5.41) is 2.92. The third-order valence-corrected chi connectivity index (χ3v) is 4.66. The standard InChI is InChI=1S/C23H16F2N2O3/c1-30-19-12-10-18(11-13-19)27-22(28)20(14-2-4-15(24)5-3-14)21(23(27)29)26-17-8-6-16(25)7-9-17/h2-13,26H,1H3. The second-order valence-corrected chi connectivity index (χ2v) is 6.53. The Morgan fingerprint density at radius 2 is 1.33 bits per heavy atom. The van der Waals surface area contributed by atoms with Gasteiger partial charge in [0.2, 0.25) is 0 Å². The van der Waals surface area contributed by atoms with Gasteiger partial charge in [0.1, 0.15) is 23.1 Å². The van der Waals surface area contributed by atoms with E-state index in [1.54, 1.807) is 24.3 Å². The molecule has 0 unspecified atom stereocenters. The molecule has 0 saturated heterocycles. The second kappa shape index (κ2) is 7.79. The Kier molecular flexibility index (Phi) is 5.02. The number of anilines is 2. The molecule has 1 N–H and O–H groups in total. The zero-order valence-electron chi connectivity index (χ0n) is 15.9. The molecular formula is C23H16F2N2O3. The Bertz CT molecular complexity index is 1140. The van der Waals surface area contributed by atoms with Crippen molar-refractivity contribution in [2.24, 2.45) is 0 Å². The summed E-state index contributed by atoms with van der Waals surface area (Å²) in [4.78, 5) is 27.5. The van der Waals surface area contributed by atoms with Gasteiger partial charge in [-0.3, -0.25) is 9.59 Å². The van der Waals surface area contributed by atoms with Crippen molar-refractivity contribution in [3.8, 4) is 5.75 Å². The van der Waals surface area contributed by atoms with Crippen LogP contribution in [0.15, 0.2) is 78.5 Å². The van der Waals surface area contributed by atoms with E-state index in [1.165, 1.54) is 55.6 Å². The van der Waals surface area contributed by atoms with Crippen molar-refractivity contribution in [3.63, 3.8) is 0 Å². The summed E-state index contributed by atoms with van der Waals surface area (Å²) >= 11 is 0. The van der Waals surface area contributed by atoms with E-state index in [9.17, 15) is 18.4 Å². The minimum atomic E-state index is -0.575. The first-order valence-corrected chi connectivity index (χ1v) is 9.03. The number of carbonyl (C=O) groups is 2. The number of hydrogen-bond acceptors (Lipinski definition) is 4. The fraction of sp³-hybridized carbons (Fsp3) is 0.0435. The normalized spacial score (nSPS) is 13.8. The Balaban J connectivity index is 1.78. The molecule has 4 rings (SSSR count). The molecule has 1 heterocycles. The summed E-state index contributed by atoms with van der Waals surface area (Å²) in [6, 6.07) is 17.1. The zero-order valence-corrected chi connectivity index (χ0v) is 15.9. The smallest absolute Gasteiger partial charge is 0.282 e. The van der Waals surface area contributed by atoms with Crippen LogP contribution in [0.1, 0.15) is 5.56 Å². The predicted molar refractivity (Wildman–Crippen MR) is 109 cm³/mol. The molecule has 0 spiro atoms. The summed E-state index contributed by atoms with van der Waals surface area (Å²) in [6.45, 7) is 0. The molecule has 0 saturated carbocycles. The third kappa shape index (κ3) is 3.53. The number of imide groups is 1. The lowest BCUT2D eigenvalue weighted by Gasteiger charge is -2.16. The van der Waals surface area contributed by atoms with Gasteiger partial charge in [0, 0.05) is 5.69 Å². The number of rotatable bonds is 5. The summed E-state index contributed by atoms with van der Waals surface area (Å²) in [6.07, 6.45) is 0. The number of amides is 2. The van der Waals surface area contributed by atoms with Crippen LogP contribution in [0.3, 0.4) is 0 Å². The molecule has 1 aliphatic heterocycles. The van der Waals surface area contributed by atoms with Gasteiger partial charge in [-0.1, -0.05) is 12.1 Å². The molecular weight excluding hydrogens is 390 g/mol. The lowest BCUT2D eigenvalue weighted by atomic mass is 10.0. The van der Waals surface area contributed by atoms with Crippen molar-refractivity contribution < 1.29 is 23.1 Å². The van der Waals surface area contributed by atoms with Gasteiger partial charge in [0.25, 0.3) is 11.8 Å². The fourth-order valence-electron chi connectivity index (χ4n) is 3.17. The monoisotopic (exact) mass is 406 g/mol. The summed E-state index contributed by atoms with van der Waals surface area (Å²) < 4.78 is 31.8. The van der Waals surface area contributed by atoms with Crippen LogP contribution < -0.4 is 15.0 Å². The van der Waals surface area contributed by atoms with Gasteiger partial charge in [-0.05, 0) is 66.2 Å². The first-order chi connectivity index (χ1) is 14.5. The van der Waals surface area contributed by atoms with Gasteiger partial charge in [0.05, 0.1) is 18.4 Å². The molecule has 0 fully saturated rings. The molecule has 3 aromatic carbocycles. The van der Waals surface area contributed by atoms with Crippen molar-refractivity contribution in [2.45, 2.75) is 0 Å². The lowest BCUT2D eigenvalue weighted by molar-refractivity contribution is -0.120. The topological polar surface area (TPSA) is 58.6 Å². The molecule has 1 aliphatic rings. The Morgan fingerprint density at radius 3 is 1.90 bits per heavy atom. The molecule has 150 valence electrons. The molecule has 0 bridgehead atoms. The minimum Gasteiger partial charge on any atom is -0.497 e. The zero-order chi connectivity index (χ0) is 21.3. The van der Waals surface area contributed by atoms with Crippen molar-refractivity contribution in [1.29, 1.82) is 0 Å². The summed E-state index contributed by atoms with van der Waals surface area (Å²) in [5.41, 5.74) is 1.30. The number of nitrogens with zero attached hydrogens (tertiary/aromatic N) is 1. The highest BCUT2D eigenvalue weighted by Crippen LogP contribution is 2.34. The van der Waals surface area contributed by atoms with Crippen LogP contribution in [0.2, 0.25) is 0 Å². The summed E-state index contributed by atoms with van der Waals surface area (Å²) in [7, 11) is 1.51. The first-order valence-electron chi connectivity index (χ1n) is 9.03. The highest BCUT2D eigenvalue weighted by Gasteiger charge is 2.40. The van der Waals surface area contributed by atoms with E-state index in [4.69, 9.17) is 4.74 Å². The Morgan fingerprint density at radius 1 is 0.767 bits per heavy atom. The van der Waals surface area contributed by atoms with E-state index in [-0.39, 0.29) is 11.3 Å². The van der Waals surface area contributed by atoms with Crippen molar-refractivity contribution in [2.75, 3.05) is 17.3 Å². The Hall–Kier alpha value is -4.00. The molecule has 30 heavy (non-hydrogen) atoms. The third-order valence-electron chi connectivity index (χ3n) is 4.66. The summed E-state index contributed by atoms with van der Waals surface area (Å²) in [5.74, 6) is -1.44. The number of methoxy groups -OCH3 is 1. The molecule has 0 aromatic heterocycles. The maximum atomic E-state index is 13.4. The van der Waals surface area contributed by atoms with Crippen molar-refractivity contribution in [3.05, 3.63) is 95.7 Å². The van der Waals surface area contributed by atoms with E-state index >= 15 is 0 Å². The van der Waals surface area contributed by atoms with Gasteiger partial charge in [-0.25, -0.2) is 13.7 Å². The maximum Gasteiger partial charge on any atom is 0.282 e. The molecule has 5 nitrogen and oxygen atoms in total. The molecule has 7 heteroatoms. The number of halogens is 2. The van der Waals surface area contributed by atoms with E-state index in [0.29, 0.717) is 22.7 Å². The highest BCUT2D eigenvalue weighted by molar-refractivity contribution is 6.46. The van der Waals surface area contributed by atoms with Crippen LogP contribution in [-0.4, -0.2) is 18.9 Å². The van der Waals surface area contributed by atoms with Gasteiger partial charge in [-0.2, -0.15) is 0 Å². The van der Waals surface area contributed by atoms with Crippen LogP contribution in [0, 0.1) is 11.6 Å². The SMILES string of the molecule is COc1ccc(N2C(=O)C(Nc3ccc(F)cc3)=C(c3ccc(F)cc3)C2=O)cc1. The number of nitrogens with one attached hydrogen (secondary N) is 1. The molecule has 0 radical (unpaired) electrons. The predicted octanol–water partition coefficient (Wildman–Crippen LogP) is 4.37. The number of carbonyl (C=O) groups excluding carboxylic acids is 2. The molecule has 2 amide bonds. The van der Waals surface area contributed by atoms with Crippen molar-refractivity contribution >= 4 is 28.8 Å². The number of benzene rings is 3. The van der Waals surface area contributed by atoms with E-state index in [2.05, 4.69) is 5.32 Å². The van der Waals surface area contributed by atoms with Crippen molar-refractivity contribution in [1.82, 2.24) is 0 Å². The Labute approximate surface area is 171 Å². The number of hydrogen-bond donors (Lipinski definition) is 1.